The van der Waals surface area contributed by atoms with Crippen LogP contribution in [0.5, 0.6) is 0 Å². The monoisotopic (exact) mass is 189 g/mol. The van der Waals surface area contributed by atoms with Gasteiger partial charge in [0.25, 0.3) is 0 Å². The van der Waals surface area contributed by atoms with E-state index in [9.17, 15) is 0 Å². The van der Waals surface area contributed by atoms with Crippen molar-refractivity contribution in [2.45, 2.75) is 0 Å². The molecule has 6 heteroatoms. The summed E-state index contributed by atoms with van der Waals surface area (Å²) in [5.74, 6) is 0. The number of ether oxygens (including phenoxy) is 2. The molecule has 0 aromatic heterocycles. The Bertz CT molecular complexity index is 104. The van der Waals surface area contributed by atoms with Crippen LogP contribution in [0.4, 0.5) is 0 Å². The first-order valence-corrected chi connectivity index (χ1v) is 4.02. The average molecular weight is 189 g/mol. The molecule has 2 aliphatic rings. The van der Waals surface area contributed by atoms with E-state index in [0.29, 0.717) is 0 Å². The zero-order valence-corrected chi connectivity index (χ0v) is 7.47. The van der Waals surface area contributed by atoms with E-state index in [-0.39, 0.29) is 0 Å². The Labute approximate surface area is 77.1 Å². The van der Waals surface area contributed by atoms with Crippen molar-refractivity contribution in [3.63, 3.8) is 0 Å². The Kier molecular flexibility index (Phi) is 10.5. The molecule has 0 unspecified atom stereocenters. The van der Waals surface area contributed by atoms with Crippen molar-refractivity contribution in [3.8, 4) is 0 Å². The van der Waals surface area contributed by atoms with Gasteiger partial charge in [0, 0.05) is 13.1 Å². The largest absolute Gasteiger partial charge is 0.365 e. The highest BCUT2D eigenvalue weighted by Crippen LogP contribution is 1.75. The second kappa shape index (κ2) is 11.2. The smallest absolute Gasteiger partial charge is 0.231 e. The Morgan fingerprint density at radius 1 is 1.08 bits per heavy atom. The molecule has 0 aliphatic carbocycles. The van der Waals surface area contributed by atoms with E-state index in [0.717, 1.165) is 45.8 Å². The SMILES string of the molecule is C1COCN1.C1COCN1.N=C=O. The maximum Gasteiger partial charge on any atom is 0.231 e. The van der Waals surface area contributed by atoms with Crippen LogP contribution in [0, 0.1) is 5.41 Å². The highest BCUT2D eigenvalue weighted by molar-refractivity contribution is 5.26. The van der Waals surface area contributed by atoms with Crippen molar-refractivity contribution in [1.29, 1.82) is 5.41 Å². The van der Waals surface area contributed by atoms with Gasteiger partial charge in [0.15, 0.2) is 0 Å². The van der Waals surface area contributed by atoms with Crippen LogP contribution in [0.25, 0.3) is 0 Å². The van der Waals surface area contributed by atoms with Crippen LogP contribution in [0.2, 0.25) is 0 Å². The van der Waals surface area contributed by atoms with Crippen LogP contribution >= 0.6 is 0 Å². The summed E-state index contributed by atoms with van der Waals surface area (Å²) in [6.45, 7) is 5.33. The van der Waals surface area contributed by atoms with Gasteiger partial charge in [0.1, 0.15) is 0 Å². The van der Waals surface area contributed by atoms with E-state index >= 15 is 0 Å². The molecule has 0 amide bonds. The van der Waals surface area contributed by atoms with Gasteiger partial charge in [-0.25, -0.2) is 10.2 Å². The molecular formula is C7H15N3O3. The number of rotatable bonds is 0. The van der Waals surface area contributed by atoms with Gasteiger partial charge in [-0.15, -0.1) is 0 Å². The molecule has 2 fully saturated rings. The first-order valence-electron chi connectivity index (χ1n) is 4.02. The van der Waals surface area contributed by atoms with Crippen molar-refractivity contribution in [3.05, 3.63) is 0 Å². The minimum atomic E-state index is 0.750. The lowest BCUT2D eigenvalue weighted by Crippen LogP contribution is -2.05. The van der Waals surface area contributed by atoms with E-state index in [1.54, 1.807) is 0 Å². The lowest BCUT2D eigenvalue weighted by atomic mass is 10.7. The quantitative estimate of drug-likeness (QED) is 0.337. The summed E-state index contributed by atoms with van der Waals surface area (Å²) in [7, 11) is 0. The van der Waals surface area contributed by atoms with Crippen molar-refractivity contribution in [2.75, 3.05) is 39.8 Å². The molecule has 0 atom stereocenters. The molecule has 6 nitrogen and oxygen atoms in total. The first-order chi connectivity index (χ1) is 6.41. The summed E-state index contributed by atoms with van der Waals surface area (Å²) in [5.41, 5.74) is 0. The second-order valence-corrected chi connectivity index (χ2v) is 2.21. The van der Waals surface area contributed by atoms with E-state index in [1.165, 1.54) is 0 Å². The van der Waals surface area contributed by atoms with Crippen LogP contribution in [-0.2, 0) is 14.3 Å². The highest BCUT2D eigenvalue weighted by atomic mass is 16.5. The van der Waals surface area contributed by atoms with Gasteiger partial charge in [0.2, 0.25) is 6.08 Å². The van der Waals surface area contributed by atoms with E-state index in [4.69, 9.17) is 19.7 Å². The lowest BCUT2D eigenvalue weighted by Gasteiger charge is -1.76. The summed E-state index contributed by atoms with van der Waals surface area (Å²) < 4.78 is 9.67. The molecule has 0 aromatic carbocycles. The maximum absolute atomic E-state index is 8.35. The van der Waals surface area contributed by atoms with E-state index in [2.05, 4.69) is 10.6 Å². The molecule has 2 aliphatic heterocycles. The zero-order valence-electron chi connectivity index (χ0n) is 7.47. The molecule has 0 bridgehead atoms. The van der Waals surface area contributed by atoms with Crippen LogP contribution in [-0.4, -0.2) is 45.8 Å². The molecular weight excluding hydrogens is 174 g/mol. The number of hydrogen-bond acceptors (Lipinski definition) is 6. The molecule has 2 rings (SSSR count). The molecule has 3 N–H and O–H groups in total. The molecule has 0 spiro atoms. The molecule has 0 radical (unpaired) electrons. The Balaban J connectivity index is 0.000000174. The van der Waals surface area contributed by atoms with Crippen LogP contribution in [0.3, 0.4) is 0 Å². The molecule has 0 aromatic rings. The van der Waals surface area contributed by atoms with E-state index < -0.39 is 0 Å². The number of nitrogens with one attached hydrogen (secondary N) is 3. The molecule has 76 valence electrons. The van der Waals surface area contributed by atoms with E-state index in [1.807, 2.05) is 0 Å². The normalized spacial score (nSPS) is 19.1. The van der Waals surface area contributed by atoms with Gasteiger partial charge < -0.3 is 9.47 Å². The van der Waals surface area contributed by atoms with Gasteiger partial charge >= 0.3 is 0 Å². The van der Waals surface area contributed by atoms with Crippen molar-refractivity contribution < 1.29 is 14.3 Å². The molecule has 2 saturated heterocycles. The maximum atomic E-state index is 8.35. The summed E-state index contributed by atoms with van der Waals surface area (Å²) in [5, 5.41) is 11.4. The lowest BCUT2D eigenvalue weighted by molar-refractivity contribution is 0.194. The van der Waals surface area contributed by atoms with Crippen molar-refractivity contribution in [1.82, 2.24) is 10.6 Å². The Morgan fingerprint density at radius 2 is 1.46 bits per heavy atom. The van der Waals surface area contributed by atoms with Crippen LogP contribution < -0.4 is 10.6 Å². The van der Waals surface area contributed by atoms with Gasteiger partial charge in [-0.3, -0.25) is 10.6 Å². The minimum Gasteiger partial charge on any atom is -0.365 e. The summed E-state index contributed by atoms with van der Waals surface area (Å²) in [6.07, 6.45) is 0.750. The first kappa shape index (κ1) is 12.2. The van der Waals surface area contributed by atoms with Crippen LogP contribution in [0.15, 0.2) is 0 Å². The number of hydrogen-bond donors (Lipinski definition) is 3. The van der Waals surface area contributed by atoms with Gasteiger partial charge in [0.05, 0.1) is 26.7 Å². The fourth-order valence-electron chi connectivity index (χ4n) is 0.722. The Hall–Kier alpha value is -0.780. The summed E-state index contributed by atoms with van der Waals surface area (Å²) >= 11 is 0. The van der Waals surface area contributed by atoms with Crippen molar-refractivity contribution >= 4 is 6.08 Å². The molecule has 13 heavy (non-hydrogen) atoms. The predicted molar refractivity (Wildman–Crippen MR) is 46.1 cm³/mol. The fourth-order valence-corrected chi connectivity index (χ4v) is 0.722. The topological polar surface area (TPSA) is 83.4 Å². The van der Waals surface area contributed by atoms with Gasteiger partial charge in [-0.2, -0.15) is 0 Å². The third-order valence-electron chi connectivity index (χ3n) is 1.25. The Morgan fingerprint density at radius 3 is 1.54 bits per heavy atom. The van der Waals surface area contributed by atoms with Gasteiger partial charge in [-0.1, -0.05) is 0 Å². The minimum absolute atomic E-state index is 0.750. The standard InChI is InChI=1S/2C3H7NO.CHNO/c2*1-2-5-3-4-1;2-1-3/h2*4H,1-3H2;2H. The zero-order chi connectivity index (χ0) is 9.78. The highest BCUT2D eigenvalue weighted by Gasteiger charge is 1.92. The summed E-state index contributed by atoms with van der Waals surface area (Å²) in [4.78, 5) is 8.35. The third-order valence-corrected chi connectivity index (χ3v) is 1.25. The third kappa shape index (κ3) is 11.2. The number of isocyanates is 1. The average Bonchev–Trinajstić information content (AvgIpc) is 2.85. The van der Waals surface area contributed by atoms with Gasteiger partial charge in [-0.05, 0) is 0 Å². The van der Waals surface area contributed by atoms with Crippen molar-refractivity contribution in [2.24, 2.45) is 0 Å². The van der Waals surface area contributed by atoms with Crippen LogP contribution in [0.1, 0.15) is 0 Å². The molecule has 2 heterocycles. The predicted octanol–water partition coefficient (Wildman–Crippen LogP) is -0.972. The molecule has 0 saturated carbocycles. The number of carbonyl (C=O) groups excluding carboxylic acids is 1. The second-order valence-electron chi connectivity index (χ2n) is 2.21. The fraction of sp³-hybridized carbons (Fsp3) is 0.857. The summed E-state index contributed by atoms with van der Waals surface area (Å²) in [6, 6.07) is 0.